The Morgan fingerprint density at radius 1 is 1.33 bits per heavy atom. The predicted octanol–water partition coefficient (Wildman–Crippen LogP) is 2.72. The number of guanidine groups is 1. The fraction of sp³-hybridized carbons (Fsp3) is 0.562. The molecule has 114 valence electrons. The van der Waals surface area contributed by atoms with E-state index in [9.17, 15) is 0 Å². The summed E-state index contributed by atoms with van der Waals surface area (Å²) in [6.45, 7) is 6.41. The van der Waals surface area contributed by atoms with Crippen molar-refractivity contribution in [3.63, 3.8) is 0 Å². The van der Waals surface area contributed by atoms with E-state index >= 15 is 0 Å². The van der Waals surface area contributed by atoms with Gasteiger partial charge in [0.15, 0.2) is 5.96 Å². The molecule has 4 nitrogen and oxygen atoms in total. The van der Waals surface area contributed by atoms with E-state index < -0.39 is 0 Å². The van der Waals surface area contributed by atoms with E-state index in [0.29, 0.717) is 5.96 Å². The smallest absolute Gasteiger partial charge is 0.196 e. The molecule has 1 spiro atoms. The maximum atomic E-state index is 6.20. The third kappa shape index (κ3) is 2.74. The maximum absolute atomic E-state index is 6.20. The fourth-order valence-electron chi connectivity index (χ4n) is 3.57. The number of likely N-dealkylation sites (tertiary alicyclic amines) is 1. The van der Waals surface area contributed by atoms with Crippen LogP contribution in [0.15, 0.2) is 29.3 Å². The van der Waals surface area contributed by atoms with Gasteiger partial charge in [-0.1, -0.05) is 24.6 Å². The van der Waals surface area contributed by atoms with Gasteiger partial charge in [-0.3, -0.25) is 4.99 Å². The van der Waals surface area contributed by atoms with Crippen molar-refractivity contribution in [1.82, 2.24) is 4.90 Å². The molecule has 0 aromatic heterocycles. The van der Waals surface area contributed by atoms with Crippen LogP contribution in [0.1, 0.15) is 26.2 Å². The van der Waals surface area contributed by atoms with Gasteiger partial charge < -0.3 is 15.5 Å². The summed E-state index contributed by atoms with van der Waals surface area (Å²) < 4.78 is 0. The molecule has 1 fully saturated rings. The molecule has 2 aliphatic heterocycles. The van der Waals surface area contributed by atoms with E-state index in [1.807, 2.05) is 18.2 Å². The van der Waals surface area contributed by atoms with Crippen LogP contribution < -0.4 is 10.6 Å². The first-order valence-electron chi connectivity index (χ1n) is 7.73. The first kappa shape index (κ1) is 14.7. The first-order chi connectivity index (χ1) is 10.1. The molecule has 1 atom stereocenters. The van der Waals surface area contributed by atoms with Crippen LogP contribution in [0, 0.1) is 0 Å². The van der Waals surface area contributed by atoms with Gasteiger partial charge in [-0.15, -0.1) is 0 Å². The van der Waals surface area contributed by atoms with Gasteiger partial charge in [0, 0.05) is 17.3 Å². The van der Waals surface area contributed by atoms with E-state index in [1.165, 1.54) is 13.0 Å². The minimum absolute atomic E-state index is 0.0265. The number of hydrogen-bond donors (Lipinski definition) is 1. The van der Waals surface area contributed by atoms with Crippen LogP contribution in [0.2, 0.25) is 5.02 Å². The third-order valence-electron chi connectivity index (χ3n) is 4.76. The van der Waals surface area contributed by atoms with Gasteiger partial charge >= 0.3 is 0 Å². The molecule has 1 saturated heterocycles. The molecule has 2 heterocycles. The standard InChI is InChI=1S/C16H23ClN4/c1-2-20-9-4-7-16(8-10-20)12-19-15(18)21(16)14-6-3-5-13(17)11-14/h3,5-6,11H,2,4,7-10,12H2,1H3,(H2,18,19). The van der Waals surface area contributed by atoms with E-state index in [4.69, 9.17) is 17.3 Å². The molecule has 0 bridgehead atoms. The Balaban J connectivity index is 1.91. The summed E-state index contributed by atoms with van der Waals surface area (Å²) in [5.74, 6) is 0.627. The fourth-order valence-corrected chi connectivity index (χ4v) is 3.75. The number of rotatable bonds is 2. The first-order valence-corrected chi connectivity index (χ1v) is 8.10. The van der Waals surface area contributed by atoms with E-state index in [-0.39, 0.29) is 5.54 Å². The molecule has 0 saturated carbocycles. The molecule has 0 radical (unpaired) electrons. The number of hydrogen-bond acceptors (Lipinski definition) is 4. The summed E-state index contributed by atoms with van der Waals surface area (Å²) in [5, 5.41) is 0.742. The summed E-state index contributed by atoms with van der Waals surface area (Å²) >= 11 is 6.16. The SMILES string of the molecule is CCN1CCCC2(CC1)CN=C(N)N2c1cccc(Cl)c1. The minimum Gasteiger partial charge on any atom is -0.369 e. The van der Waals surface area contributed by atoms with Gasteiger partial charge in [0.1, 0.15) is 0 Å². The number of halogens is 1. The predicted molar refractivity (Wildman–Crippen MR) is 89.1 cm³/mol. The van der Waals surface area contributed by atoms with Crippen molar-refractivity contribution in [2.75, 3.05) is 31.1 Å². The highest BCUT2D eigenvalue weighted by Gasteiger charge is 2.43. The lowest BCUT2D eigenvalue weighted by atomic mass is 9.89. The quantitative estimate of drug-likeness (QED) is 0.914. The maximum Gasteiger partial charge on any atom is 0.196 e. The second-order valence-corrected chi connectivity index (χ2v) is 6.44. The van der Waals surface area contributed by atoms with Crippen molar-refractivity contribution in [3.05, 3.63) is 29.3 Å². The van der Waals surface area contributed by atoms with Crippen molar-refractivity contribution in [2.45, 2.75) is 31.7 Å². The summed E-state index contributed by atoms with van der Waals surface area (Å²) in [6, 6.07) is 7.93. The van der Waals surface area contributed by atoms with Crippen molar-refractivity contribution < 1.29 is 0 Å². The highest BCUT2D eigenvalue weighted by atomic mass is 35.5. The number of aliphatic imine (C=N–C) groups is 1. The zero-order valence-corrected chi connectivity index (χ0v) is 13.3. The molecule has 21 heavy (non-hydrogen) atoms. The van der Waals surface area contributed by atoms with Crippen LogP contribution in [0.4, 0.5) is 5.69 Å². The van der Waals surface area contributed by atoms with Gasteiger partial charge in [0.2, 0.25) is 0 Å². The molecule has 2 N–H and O–H groups in total. The molecule has 2 aliphatic rings. The zero-order chi connectivity index (χ0) is 14.9. The van der Waals surface area contributed by atoms with Gasteiger partial charge in [-0.05, 0) is 50.6 Å². The van der Waals surface area contributed by atoms with Crippen molar-refractivity contribution in [2.24, 2.45) is 10.7 Å². The molecule has 1 unspecified atom stereocenters. The van der Waals surface area contributed by atoms with Crippen LogP contribution in [-0.4, -0.2) is 42.6 Å². The molecule has 3 rings (SSSR count). The largest absolute Gasteiger partial charge is 0.369 e. The topological polar surface area (TPSA) is 44.9 Å². The minimum atomic E-state index is 0.0265. The molecule has 0 amide bonds. The van der Waals surface area contributed by atoms with Crippen molar-refractivity contribution in [1.29, 1.82) is 0 Å². The number of anilines is 1. The monoisotopic (exact) mass is 306 g/mol. The van der Waals surface area contributed by atoms with Gasteiger partial charge in [-0.25, -0.2) is 0 Å². The Hall–Kier alpha value is -1.26. The number of benzene rings is 1. The number of nitrogens with zero attached hydrogens (tertiary/aromatic N) is 3. The van der Waals surface area contributed by atoms with Crippen molar-refractivity contribution in [3.8, 4) is 0 Å². The zero-order valence-electron chi connectivity index (χ0n) is 12.6. The molecule has 1 aromatic carbocycles. The highest BCUT2D eigenvalue weighted by molar-refractivity contribution is 6.31. The van der Waals surface area contributed by atoms with Gasteiger partial charge in [0.25, 0.3) is 0 Å². The Labute approximate surface area is 131 Å². The second kappa shape index (κ2) is 5.85. The average Bonchev–Trinajstić information content (AvgIpc) is 2.67. The Morgan fingerprint density at radius 3 is 2.95 bits per heavy atom. The lowest BCUT2D eigenvalue weighted by molar-refractivity contribution is 0.292. The lowest BCUT2D eigenvalue weighted by Crippen LogP contribution is -2.52. The summed E-state index contributed by atoms with van der Waals surface area (Å²) in [4.78, 5) is 9.29. The Morgan fingerprint density at radius 2 is 2.19 bits per heavy atom. The van der Waals surface area contributed by atoms with Crippen LogP contribution in [0.3, 0.4) is 0 Å². The Bertz CT molecular complexity index is 545. The van der Waals surface area contributed by atoms with Gasteiger partial charge in [-0.2, -0.15) is 0 Å². The second-order valence-electron chi connectivity index (χ2n) is 6.00. The Kier molecular flexibility index (Phi) is 4.09. The van der Waals surface area contributed by atoms with Crippen LogP contribution in [0.25, 0.3) is 0 Å². The van der Waals surface area contributed by atoms with E-state index in [2.05, 4.69) is 27.8 Å². The molecule has 5 heteroatoms. The van der Waals surface area contributed by atoms with E-state index in [0.717, 1.165) is 43.2 Å². The molecule has 1 aromatic rings. The van der Waals surface area contributed by atoms with Crippen LogP contribution >= 0.6 is 11.6 Å². The summed E-state index contributed by atoms with van der Waals surface area (Å²) in [5.41, 5.74) is 7.29. The molecule has 0 aliphatic carbocycles. The lowest BCUT2D eigenvalue weighted by Gasteiger charge is -2.39. The molecular weight excluding hydrogens is 284 g/mol. The van der Waals surface area contributed by atoms with Crippen molar-refractivity contribution >= 4 is 23.2 Å². The average molecular weight is 307 g/mol. The molecular formula is C16H23ClN4. The summed E-state index contributed by atoms with van der Waals surface area (Å²) in [7, 11) is 0. The highest BCUT2D eigenvalue weighted by Crippen LogP contribution is 2.37. The van der Waals surface area contributed by atoms with E-state index in [1.54, 1.807) is 0 Å². The van der Waals surface area contributed by atoms with Gasteiger partial charge in [0.05, 0.1) is 12.1 Å². The number of nitrogens with two attached hydrogens (primary N) is 1. The van der Waals surface area contributed by atoms with Crippen LogP contribution in [-0.2, 0) is 0 Å². The third-order valence-corrected chi connectivity index (χ3v) is 5.00. The summed E-state index contributed by atoms with van der Waals surface area (Å²) in [6.07, 6.45) is 3.41. The van der Waals surface area contributed by atoms with Crippen LogP contribution in [0.5, 0.6) is 0 Å². The normalized spacial score (nSPS) is 27.0.